The summed E-state index contributed by atoms with van der Waals surface area (Å²) >= 11 is 0. The Kier molecular flexibility index (Phi) is 6.35. The fraction of sp³-hybridized carbons (Fsp3) is 0.500. The van der Waals surface area contributed by atoms with Gasteiger partial charge in [-0.05, 0) is 55.0 Å². The van der Waals surface area contributed by atoms with Crippen LogP contribution >= 0.6 is 0 Å². The molecule has 2 aromatic rings. The van der Waals surface area contributed by atoms with Crippen LogP contribution in [0.3, 0.4) is 0 Å². The van der Waals surface area contributed by atoms with Crippen LogP contribution in [0.25, 0.3) is 0 Å². The first-order valence-corrected chi connectivity index (χ1v) is 10.6. The molecule has 0 aromatic heterocycles. The lowest BCUT2D eigenvalue weighted by Crippen LogP contribution is -2.48. The highest BCUT2D eigenvalue weighted by molar-refractivity contribution is 5.46. The SMILES string of the molecule is COc1cc2c(cc1CN1CC[C@@H](Oc3ccc(OC)c(OC)c3)[C@H](O)C1)CCC2. The zero-order valence-electron chi connectivity index (χ0n) is 18.0. The Labute approximate surface area is 178 Å². The predicted octanol–water partition coefficient (Wildman–Crippen LogP) is 3.22. The Morgan fingerprint density at radius 2 is 1.67 bits per heavy atom. The van der Waals surface area contributed by atoms with Crippen molar-refractivity contribution in [3.05, 3.63) is 47.0 Å². The molecule has 0 unspecified atom stereocenters. The number of nitrogens with zero attached hydrogens (tertiary/aromatic N) is 1. The Morgan fingerprint density at radius 1 is 0.933 bits per heavy atom. The van der Waals surface area contributed by atoms with Crippen molar-refractivity contribution in [3.63, 3.8) is 0 Å². The number of benzene rings is 2. The molecule has 1 saturated heterocycles. The minimum atomic E-state index is -0.563. The number of hydrogen-bond donors (Lipinski definition) is 1. The highest BCUT2D eigenvalue weighted by Gasteiger charge is 2.30. The topological polar surface area (TPSA) is 60.4 Å². The molecule has 30 heavy (non-hydrogen) atoms. The minimum absolute atomic E-state index is 0.249. The van der Waals surface area contributed by atoms with E-state index in [0.717, 1.165) is 38.1 Å². The molecule has 0 amide bonds. The summed E-state index contributed by atoms with van der Waals surface area (Å²) in [7, 11) is 4.94. The summed E-state index contributed by atoms with van der Waals surface area (Å²) in [5.41, 5.74) is 4.06. The molecule has 6 heteroatoms. The van der Waals surface area contributed by atoms with E-state index < -0.39 is 6.10 Å². The molecule has 162 valence electrons. The lowest BCUT2D eigenvalue weighted by molar-refractivity contribution is -0.0277. The zero-order chi connectivity index (χ0) is 21.1. The molecule has 0 bridgehead atoms. The second-order valence-corrected chi connectivity index (χ2v) is 8.05. The fourth-order valence-corrected chi connectivity index (χ4v) is 4.53. The first-order chi connectivity index (χ1) is 14.6. The van der Waals surface area contributed by atoms with E-state index in [1.807, 2.05) is 12.1 Å². The number of rotatable bonds is 7. The van der Waals surface area contributed by atoms with E-state index in [-0.39, 0.29) is 6.10 Å². The van der Waals surface area contributed by atoms with Crippen LogP contribution < -0.4 is 18.9 Å². The summed E-state index contributed by atoms with van der Waals surface area (Å²) in [5, 5.41) is 10.7. The minimum Gasteiger partial charge on any atom is -0.496 e. The molecule has 2 atom stereocenters. The second-order valence-electron chi connectivity index (χ2n) is 8.05. The number of piperidine rings is 1. The molecular weight excluding hydrogens is 382 g/mol. The Balaban J connectivity index is 1.39. The first-order valence-electron chi connectivity index (χ1n) is 10.6. The maximum absolute atomic E-state index is 10.7. The third-order valence-electron chi connectivity index (χ3n) is 6.14. The summed E-state index contributed by atoms with van der Waals surface area (Å²) in [5.74, 6) is 2.90. The van der Waals surface area contributed by atoms with Crippen molar-refractivity contribution in [3.8, 4) is 23.0 Å². The normalized spacial score (nSPS) is 21.2. The molecule has 1 aliphatic heterocycles. The summed E-state index contributed by atoms with van der Waals surface area (Å²) in [6.45, 7) is 2.20. The van der Waals surface area contributed by atoms with Crippen molar-refractivity contribution in [2.24, 2.45) is 0 Å². The maximum Gasteiger partial charge on any atom is 0.164 e. The zero-order valence-corrected chi connectivity index (χ0v) is 18.0. The highest BCUT2D eigenvalue weighted by atomic mass is 16.5. The third-order valence-corrected chi connectivity index (χ3v) is 6.14. The quantitative estimate of drug-likeness (QED) is 0.752. The average Bonchev–Trinajstić information content (AvgIpc) is 3.22. The second kappa shape index (κ2) is 9.14. The first kappa shape index (κ1) is 20.8. The number of aliphatic hydroxyl groups excluding tert-OH is 1. The fourth-order valence-electron chi connectivity index (χ4n) is 4.53. The van der Waals surface area contributed by atoms with Crippen LogP contribution in [0.1, 0.15) is 29.5 Å². The molecule has 1 N–H and O–H groups in total. The Hall–Kier alpha value is -2.44. The van der Waals surface area contributed by atoms with E-state index in [1.165, 1.54) is 23.1 Å². The lowest BCUT2D eigenvalue weighted by atomic mass is 10.0. The van der Waals surface area contributed by atoms with Crippen molar-refractivity contribution < 1.29 is 24.1 Å². The molecule has 4 rings (SSSR count). The van der Waals surface area contributed by atoms with Crippen LogP contribution in [0.15, 0.2) is 30.3 Å². The van der Waals surface area contributed by atoms with E-state index in [9.17, 15) is 5.11 Å². The van der Waals surface area contributed by atoms with E-state index in [0.29, 0.717) is 23.8 Å². The van der Waals surface area contributed by atoms with E-state index in [1.54, 1.807) is 27.4 Å². The largest absolute Gasteiger partial charge is 0.496 e. The van der Waals surface area contributed by atoms with Gasteiger partial charge in [-0.3, -0.25) is 4.90 Å². The lowest BCUT2D eigenvalue weighted by Gasteiger charge is -2.36. The van der Waals surface area contributed by atoms with Crippen molar-refractivity contribution in [1.82, 2.24) is 4.90 Å². The number of fused-ring (bicyclic) bond motifs is 1. The molecule has 1 heterocycles. The predicted molar refractivity (Wildman–Crippen MR) is 115 cm³/mol. The smallest absolute Gasteiger partial charge is 0.164 e. The summed E-state index contributed by atoms with van der Waals surface area (Å²) < 4.78 is 22.3. The number of aryl methyl sites for hydroxylation is 2. The van der Waals surface area contributed by atoms with Crippen LogP contribution in [-0.2, 0) is 19.4 Å². The average molecular weight is 414 g/mol. The van der Waals surface area contributed by atoms with Gasteiger partial charge in [0, 0.05) is 31.3 Å². The molecule has 1 aliphatic carbocycles. The molecular formula is C24H31NO5. The molecule has 0 spiro atoms. The molecule has 1 fully saturated rings. The van der Waals surface area contributed by atoms with Crippen molar-refractivity contribution >= 4 is 0 Å². The van der Waals surface area contributed by atoms with Crippen LogP contribution in [0.5, 0.6) is 23.0 Å². The van der Waals surface area contributed by atoms with E-state index >= 15 is 0 Å². The maximum atomic E-state index is 10.7. The summed E-state index contributed by atoms with van der Waals surface area (Å²) in [6.07, 6.45) is 3.45. The van der Waals surface area contributed by atoms with Crippen LogP contribution in [0.2, 0.25) is 0 Å². The van der Waals surface area contributed by atoms with Crippen LogP contribution in [0, 0.1) is 0 Å². The molecule has 6 nitrogen and oxygen atoms in total. The standard InChI is InChI=1S/C24H31NO5/c1-27-22-8-7-19(13-24(22)29-3)30-21-9-10-25(15-20(21)26)14-18-11-16-5-4-6-17(16)12-23(18)28-2/h7-8,11-13,20-21,26H,4-6,9-10,14-15H2,1-3H3/t20-,21-/m1/s1. The van der Waals surface area contributed by atoms with Crippen molar-refractivity contribution in [2.75, 3.05) is 34.4 Å². The van der Waals surface area contributed by atoms with Crippen LogP contribution in [0.4, 0.5) is 0 Å². The van der Waals surface area contributed by atoms with Gasteiger partial charge in [-0.2, -0.15) is 0 Å². The summed E-state index contributed by atoms with van der Waals surface area (Å²) in [6, 6.07) is 9.94. The third kappa shape index (κ3) is 4.35. The van der Waals surface area contributed by atoms with Gasteiger partial charge in [0.1, 0.15) is 23.7 Å². The number of β-amino-alcohol motifs (C(OH)–C–C–N with tert-alkyl or cyclic N) is 1. The van der Waals surface area contributed by atoms with Gasteiger partial charge in [0.15, 0.2) is 11.5 Å². The molecule has 2 aromatic carbocycles. The van der Waals surface area contributed by atoms with Gasteiger partial charge in [-0.1, -0.05) is 6.07 Å². The van der Waals surface area contributed by atoms with Crippen molar-refractivity contribution in [1.29, 1.82) is 0 Å². The Morgan fingerprint density at radius 3 is 2.37 bits per heavy atom. The van der Waals surface area contributed by atoms with Gasteiger partial charge in [0.2, 0.25) is 0 Å². The van der Waals surface area contributed by atoms with Gasteiger partial charge in [-0.25, -0.2) is 0 Å². The van der Waals surface area contributed by atoms with E-state index in [4.69, 9.17) is 18.9 Å². The van der Waals surface area contributed by atoms with Crippen LogP contribution in [-0.4, -0.2) is 56.6 Å². The monoisotopic (exact) mass is 413 g/mol. The highest BCUT2D eigenvalue weighted by Crippen LogP contribution is 2.33. The number of hydrogen-bond acceptors (Lipinski definition) is 6. The van der Waals surface area contributed by atoms with E-state index in [2.05, 4.69) is 17.0 Å². The number of ether oxygens (including phenoxy) is 4. The molecule has 0 saturated carbocycles. The number of likely N-dealkylation sites (tertiary alicyclic amines) is 1. The van der Waals surface area contributed by atoms with Gasteiger partial charge >= 0.3 is 0 Å². The Bertz CT molecular complexity index is 884. The molecule has 2 aliphatic rings. The van der Waals surface area contributed by atoms with Gasteiger partial charge in [0.05, 0.1) is 21.3 Å². The van der Waals surface area contributed by atoms with Gasteiger partial charge in [0.25, 0.3) is 0 Å². The number of methoxy groups -OCH3 is 3. The van der Waals surface area contributed by atoms with Gasteiger partial charge in [-0.15, -0.1) is 0 Å². The number of aliphatic hydroxyl groups is 1. The van der Waals surface area contributed by atoms with Crippen molar-refractivity contribution in [2.45, 2.75) is 44.4 Å². The summed E-state index contributed by atoms with van der Waals surface area (Å²) in [4.78, 5) is 2.28. The van der Waals surface area contributed by atoms with Gasteiger partial charge < -0.3 is 24.1 Å². The molecule has 0 radical (unpaired) electrons.